The molecule has 2 amide bonds. The van der Waals surface area contributed by atoms with Gasteiger partial charge in [-0.25, -0.2) is 0 Å². The molecule has 1 aliphatic heterocycles. The third-order valence-corrected chi connectivity index (χ3v) is 7.08. The van der Waals surface area contributed by atoms with Crippen LogP contribution in [0.25, 0.3) is 0 Å². The molecule has 1 saturated heterocycles. The molecule has 192 valence electrons. The van der Waals surface area contributed by atoms with Crippen LogP contribution in [0.1, 0.15) is 40.4 Å². The van der Waals surface area contributed by atoms with E-state index in [9.17, 15) is 14.7 Å². The molecule has 0 radical (unpaired) electrons. The van der Waals surface area contributed by atoms with E-state index in [2.05, 4.69) is 6.58 Å². The minimum Gasteiger partial charge on any atom is -0.490 e. The van der Waals surface area contributed by atoms with Gasteiger partial charge in [-0.1, -0.05) is 67.3 Å². The van der Waals surface area contributed by atoms with Crippen molar-refractivity contribution in [2.45, 2.75) is 24.5 Å². The molecule has 0 aliphatic carbocycles. The number of rotatable bonds is 8. The van der Waals surface area contributed by atoms with Gasteiger partial charge in [0.05, 0.1) is 11.2 Å². The highest BCUT2D eigenvalue weighted by Gasteiger charge is 2.38. The average Bonchev–Trinajstić information content (AvgIpc) is 2.90. The van der Waals surface area contributed by atoms with Crippen LogP contribution in [-0.4, -0.2) is 46.1 Å². The van der Waals surface area contributed by atoms with E-state index in [1.807, 2.05) is 30.3 Å². The Labute approximate surface area is 220 Å². The fourth-order valence-electron chi connectivity index (χ4n) is 4.67. The van der Waals surface area contributed by atoms with Gasteiger partial charge in [0, 0.05) is 25.0 Å². The number of carbonyl (C=O) groups excluding carboxylic acids is 2. The first-order chi connectivity index (χ1) is 17.7. The Bertz CT molecular complexity index is 1360. The second kappa shape index (κ2) is 11.0. The lowest BCUT2D eigenvalue weighted by Crippen LogP contribution is -2.47. The quantitative estimate of drug-likeness (QED) is 0.309. The predicted octanol–water partition coefficient (Wildman–Crippen LogP) is 3.56. The van der Waals surface area contributed by atoms with Gasteiger partial charge in [0.25, 0.3) is 5.91 Å². The first-order valence-electron chi connectivity index (χ1n) is 12.0. The molecule has 2 heterocycles. The summed E-state index contributed by atoms with van der Waals surface area (Å²) in [7, 11) is 0. The molecule has 1 fully saturated rings. The van der Waals surface area contributed by atoms with Crippen molar-refractivity contribution in [3.05, 3.63) is 101 Å². The van der Waals surface area contributed by atoms with E-state index < -0.39 is 17.6 Å². The van der Waals surface area contributed by atoms with Crippen LogP contribution in [0.4, 0.5) is 5.69 Å². The third-order valence-electron chi connectivity index (χ3n) is 6.67. The van der Waals surface area contributed by atoms with Crippen LogP contribution < -0.4 is 16.2 Å². The van der Waals surface area contributed by atoms with Crippen LogP contribution >= 0.6 is 12.2 Å². The van der Waals surface area contributed by atoms with E-state index in [1.54, 1.807) is 46.0 Å². The first-order valence-corrected chi connectivity index (χ1v) is 12.4. The number of hydrogen-bond donors (Lipinski definition) is 3. The van der Waals surface area contributed by atoms with Gasteiger partial charge in [-0.05, 0) is 42.2 Å². The Morgan fingerprint density at radius 2 is 1.84 bits per heavy atom. The van der Waals surface area contributed by atoms with Gasteiger partial charge in [0.15, 0.2) is 0 Å². The molecule has 9 heteroatoms. The molecular formula is C28H30N4O4S. The third kappa shape index (κ3) is 5.42. The van der Waals surface area contributed by atoms with Gasteiger partial charge in [0.2, 0.25) is 5.91 Å². The molecule has 0 bridgehead atoms. The largest absolute Gasteiger partial charge is 0.490 e. The number of anilines is 1. The number of ether oxygens (including phenoxy) is 1. The topological polar surface area (TPSA) is 124 Å². The number of benzene rings is 2. The van der Waals surface area contributed by atoms with Crippen molar-refractivity contribution in [3.63, 3.8) is 0 Å². The number of aromatic nitrogens is 1. The van der Waals surface area contributed by atoms with Crippen LogP contribution in [0.2, 0.25) is 0 Å². The summed E-state index contributed by atoms with van der Waals surface area (Å²) in [4.78, 5) is 27.9. The summed E-state index contributed by atoms with van der Waals surface area (Å²) < 4.78 is 7.30. The number of amides is 2. The SMILES string of the molecule is C=CCOc1cccc(C(C(=O)N2CCC(O)(c3ccccc3)CC2)n2ccc(N)c(C(N)=O)c2=S)c1. The number of piperidine rings is 1. The Morgan fingerprint density at radius 1 is 1.14 bits per heavy atom. The summed E-state index contributed by atoms with van der Waals surface area (Å²) in [6.07, 6.45) is 4.00. The van der Waals surface area contributed by atoms with Gasteiger partial charge in [-0.2, -0.15) is 0 Å². The van der Waals surface area contributed by atoms with Crippen LogP contribution in [-0.2, 0) is 10.4 Å². The highest BCUT2D eigenvalue weighted by molar-refractivity contribution is 7.71. The van der Waals surface area contributed by atoms with E-state index >= 15 is 0 Å². The predicted molar refractivity (Wildman–Crippen MR) is 145 cm³/mol. The molecule has 2 aromatic carbocycles. The maximum atomic E-state index is 14.1. The number of pyridine rings is 1. The van der Waals surface area contributed by atoms with Gasteiger partial charge in [-0.3, -0.25) is 9.59 Å². The highest BCUT2D eigenvalue weighted by Crippen LogP contribution is 2.35. The van der Waals surface area contributed by atoms with Gasteiger partial charge in [0.1, 0.15) is 23.0 Å². The number of aliphatic hydroxyl groups is 1. The summed E-state index contributed by atoms with van der Waals surface area (Å²) in [5.41, 5.74) is 12.1. The van der Waals surface area contributed by atoms with Crippen molar-refractivity contribution in [3.8, 4) is 5.75 Å². The van der Waals surface area contributed by atoms with E-state index in [0.717, 1.165) is 5.56 Å². The molecule has 3 aromatic rings. The molecule has 8 nitrogen and oxygen atoms in total. The molecule has 0 saturated carbocycles. The standard InChI is InChI=1S/C28H30N4O4S/c1-2-17-36-21-10-6-7-19(18-21)24(32-14-11-22(29)23(25(30)33)27(32)37)26(34)31-15-12-28(35,13-16-31)20-8-4-3-5-9-20/h2-11,14,18,24,35H,1,12-13,15-17,29H2,(H2,30,33). The number of likely N-dealkylation sites (tertiary alicyclic amines) is 1. The van der Waals surface area contributed by atoms with Gasteiger partial charge in [-0.15, -0.1) is 0 Å². The van der Waals surface area contributed by atoms with E-state index in [4.69, 9.17) is 28.4 Å². The molecule has 0 spiro atoms. The van der Waals surface area contributed by atoms with E-state index in [0.29, 0.717) is 43.9 Å². The second-order valence-corrected chi connectivity index (χ2v) is 9.41. The second-order valence-electron chi connectivity index (χ2n) is 9.02. The maximum Gasteiger partial charge on any atom is 0.253 e. The molecule has 4 rings (SSSR count). The van der Waals surface area contributed by atoms with Crippen molar-refractivity contribution in [1.82, 2.24) is 9.47 Å². The van der Waals surface area contributed by atoms with Crippen molar-refractivity contribution in [2.24, 2.45) is 5.73 Å². The lowest BCUT2D eigenvalue weighted by Gasteiger charge is -2.40. The van der Waals surface area contributed by atoms with E-state index in [1.165, 1.54) is 6.07 Å². The van der Waals surface area contributed by atoms with Crippen molar-refractivity contribution >= 4 is 29.7 Å². The zero-order valence-corrected chi connectivity index (χ0v) is 21.2. The fourth-order valence-corrected chi connectivity index (χ4v) is 5.06. The lowest BCUT2D eigenvalue weighted by atomic mass is 9.84. The smallest absolute Gasteiger partial charge is 0.253 e. The molecule has 1 aliphatic rings. The summed E-state index contributed by atoms with van der Waals surface area (Å²) in [5.74, 6) is -0.436. The van der Waals surface area contributed by atoms with Gasteiger partial charge < -0.3 is 30.8 Å². The average molecular weight is 519 g/mol. The molecule has 1 unspecified atom stereocenters. The zero-order chi connectivity index (χ0) is 26.6. The monoisotopic (exact) mass is 518 g/mol. The van der Waals surface area contributed by atoms with E-state index in [-0.39, 0.29) is 21.8 Å². The molecule has 5 N–H and O–H groups in total. The summed E-state index contributed by atoms with van der Waals surface area (Å²) in [6, 6.07) is 17.2. The fraction of sp³-hybridized carbons (Fsp3) is 0.250. The molecule has 1 atom stereocenters. The van der Waals surface area contributed by atoms with Gasteiger partial charge >= 0.3 is 0 Å². The lowest BCUT2D eigenvalue weighted by molar-refractivity contribution is -0.138. The number of carbonyl (C=O) groups is 2. The zero-order valence-electron chi connectivity index (χ0n) is 20.4. The number of primary amides is 1. The first kappa shape index (κ1) is 26.1. The minimum absolute atomic E-state index is 0.00791. The van der Waals surface area contributed by atoms with Crippen LogP contribution in [0, 0.1) is 4.64 Å². The Morgan fingerprint density at radius 3 is 2.49 bits per heavy atom. The summed E-state index contributed by atoms with van der Waals surface area (Å²) in [5, 5.41) is 11.3. The van der Waals surface area contributed by atoms with Crippen LogP contribution in [0.3, 0.4) is 0 Å². The molecule has 1 aromatic heterocycles. The number of hydrogen-bond acceptors (Lipinski definition) is 6. The summed E-state index contributed by atoms with van der Waals surface area (Å²) >= 11 is 5.58. The molecule has 37 heavy (non-hydrogen) atoms. The Balaban J connectivity index is 1.72. The summed E-state index contributed by atoms with van der Waals surface area (Å²) in [6.45, 7) is 4.67. The minimum atomic E-state index is -1.01. The molecular weight excluding hydrogens is 488 g/mol. The normalized spacial score (nSPS) is 15.5. The van der Waals surface area contributed by atoms with Crippen LogP contribution in [0.5, 0.6) is 5.75 Å². The van der Waals surface area contributed by atoms with Crippen molar-refractivity contribution in [1.29, 1.82) is 0 Å². The maximum absolute atomic E-state index is 14.1. The van der Waals surface area contributed by atoms with Crippen LogP contribution in [0.15, 0.2) is 79.5 Å². The Hall–Kier alpha value is -3.95. The van der Waals surface area contributed by atoms with Crippen molar-refractivity contribution < 1.29 is 19.4 Å². The number of nitrogen functional groups attached to an aromatic ring is 1. The van der Waals surface area contributed by atoms with Crippen molar-refractivity contribution in [2.75, 3.05) is 25.4 Å². The highest BCUT2D eigenvalue weighted by atomic mass is 32.1. The number of nitrogens with two attached hydrogens (primary N) is 2. The number of nitrogens with zero attached hydrogens (tertiary/aromatic N) is 2. The Kier molecular flexibility index (Phi) is 7.75.